The zero-order valence-corrected chi connectivity index (χ0v) is 13.9. The first kappa shape index (κ1) is 18.0. The van der Waals surface area contributed by atoms with Crippen LogP contribution in [0.1, 0.15) is 5.56 Å². The van der Waals surface area contributed by atoms with Crippen molar-refractivity contribution in [1.29, 1.82) is 0 Å². The number of nitrogens with one attached hydrogen (secondary N) is 1. The Balaban J connectivity index is 1.54. The Hall–Kier alpha value is -2.82. The van der Waals surface area contributed by atoms with E-state index in [4.69, 9.17) is 0 Å². The minimum Gasteiger partial charge on any atom is -0.405 e. The number of hydrogen-bond donors (Lipinski definition) is 1. The normalized spacial score (nSPS) is 11.5. The highest BCUT2D eigenvalue weighted by Crippen LogP contribution is 2.26. The van der Waals surface area contributed by atoms with Gasteiger partial charge in [0.2, 0.25) is 11.1 Å². The van der Waals surface area contributed by atoms with Crippen LogP contribution in [-0.2, 0) is 11.3 Å². The van der Waals surface area contributed by atoms with E-state index in [2.05, 4.69) is 25.1 Å². The fraction of sp³-hybridized carbons (Fsp3) is 0.200. The minimum atomic E-state index is -4.79. The number of hydrogen-bond acceptors (Lipinski definition) is 6. The van der Waals surface area contributed by atoms with Crippen LogP contribution in [0, 0.1) is 0 Å². The maximum absolute atomic E-state index is 12.4. The molecule has 3 rings (SSSR count). The number of aromatic nitrogens is 4. The van der Waals surface area contributed by atoms with Gasteiger partial charge in [-0.15, -0.1) is 18.3 Å². The maximum atomic E-state index is 12.4. The summed E-state index contributed by atoms with van der Waals surface area (Å²) in [5, 5.41) is 7.06. The SMILES string of the molecule is O=C(CSc1nc2ncccn2n1)NCc1ccccc1OC(F)(F)F. The highest BCUT2D eigenvalue weighted by Gasteiger charge is 2.31. The molecule has 0 aliphatic heterocycles. The second kappa shape index (κ2) is 7.60. The molecular formula is C15H12F3N5O2S. The summed E-state index contributed by atoms with van der Waals surface area (Å²) in [6.07, 6.45) is -1.54. The number of carbonyl (C=O) groups excluding carboxylic acids is 1. The summed E-state index contributed by atoms with van der Waals surface area (Å²) in [4.78, 5) is 20.1. The zero-order valence-electron chi connectivity index (χ0n) is 13.1. The number of ether oxygens (including phenoxy) is 1. The van der Waals surface area contributed by atoms with E-state index in [1.807, 2.05) is 0 Å². The molecule has 0 radical (unpaired) electrons. The van der Waals surface area contributed by atoms with E-state index in [1.54, 1.807) is 24.5 Å². The van der Waals surface area contributed by atoms with Crippen molar-refractivity contribution in [1.82, 2.24) is 24.9 Å². The number of para-hydroxylation sites is 1. The van der Waals surface area contributed by atoms with Crippen LogP contribution >= 0.6 is 11.8 Å². The molecule has 0 spiro atoms. The van der Waals surface area contributed by atoms with E-state index >= 15 is 0 Å². The van der Waals surface area contributed by atoms with Gasteiger partial charge in [-0.2, -0.15) is 4.98 Å². The number of fused-ring (bicyclic) bond motifs is 1. The molecule has 0 bridgehead atoms. The van der Waals surface area contributed by atoms with Crippen LogP contribution in [0.3, 0.4) is 0 Å². The van der Waals surface area contributed by atoms with Gasteiger partial charge in [0.05, 0.1) is 5.75 Å². The summed E-state index contributed by atoms with van der Waals surface area (Å²) >= 11 is 1.10. The summed E-state index contributed by atoms with van der Waals surface area (Å²) in [5.74, 6) is -0.294. The Morgan fingerprint density at radius 3 is 2.85 bits per heavy atom. The van der Waals surface area contributed by atoms with Crippen molar-refractivity contribution in [2.45, 2.75) is 18.1 Å². The summed E-state index contributed by atoms with van der Waals surface area (Å²) in [5.41, 5.74) is 0.221. The van der Waals surface area contributed by atoms with Crippen molar-refractivity contribution in [3.63, 3.8) is 0 Å². The molecule has 136 valence electrons. The maximum Gasteiger partial charge on any atom is 0.573 e. The van der Waals surface area contributed by atoms with Gasteiger partial charge < -0.3 is 10.1 Å². The summed E-state index contributed by atoms with van der Waals surface area (Å²) in [6, 6.07) is 7.32. The Morgan fingerprint density at radius 2 is 2.08 bits per heavy atom. The van der Waals surface area contributed by atoms with Crippen molar-refractivity contribution in [2.75, 3.05) is 5.75 Å². The Labute approximate surface area is 149 Å². The number of benzene rings is 1. The molecule has 2 heterocycles. The lowest BCUT2D eigenvalue weighted by atomic mass is 10.2. The molecule has 0 unspecified atom stereocenters. The molecule has 26 heavy (non-hydrogen) atoms. The number of thioether (sulfide) groups is 1. The third kappa shape index (κ3) is 4.85. The van der Waals surface area contributed by atoms with Gasteiger partial charge in [0, 0.05) is 24.5 Å². The fourth-order valence-electron chi connectivity index (χ4n) is 2.02. The highest BCUT2D eigenvalue weighted by molar-refractivity contribution is 7.99. The molecule has 0 aliphatic rings. The third-order valence-electron chi connectivity index (χ3n) is 3.10. The molecule has 0 saturated heterocycles. The van der Waals surface area contributed by atoms with Gasteiger partial charge in [0.25, 0.3) is 5.78 Å². The first-order valence-corrected chi connectivity index (χ1v) is 8.30. The standard InChI is InChI=1S/C15H12F3N5O2S/c16-15(17,18)25-11-5-2-1-4-10(11)8-20-12(24)9-26-14-21-13-19-6-3-7-23(13)22-14/h1-7H,8-9H2,(H,20,24). The molecule has 1 N–H and O–H groups in total. The van der Waals surface area contributed by atoms with E-state index in [0.717, 1.165) is 11.8 Å². The van der Waals surface area contributed by atoms with Gasteiger partial charge in [-0.25, -0.2) is 9.50 Å². The molecule has 0 saturated carbocycles. The van der Waals surface area contributed by atoms with Gasteiger partial charge in [0.15, 0.2) is 0 Å². The lowest BCUT2D eigenvalue weighted by Gasteiger charge is -2.13. The van der Waals surface area contributed by atoms with Crippen molar-refractivity contribution < 1.29 is 22.7 Å². The third-order valence-corrected chi connectivity index (χ3v) is 3.94. The molecule has 2 aromatic heterocycles. The lowest BCUT2D eigenvalue weighted by Crippen LogP contribution is -2.25. The topological polar surface area (TPSA) is 81.4 Å². The zero-order chi connectivity index (χ0) is 18.6. The van der Waals surface area contributed by atoms with Crippen molar-refractivity contribution >= 4 is 23.4 Å². The molecule has 11 heteroatoms. The van der Waals surface area contributed by atoms with Crippen molar-refractivity contribution in [2.24, 2.45) is 0 Å². The first-order valence-electron chi connectivity index (χ1n) is 7.31. The molecule has 0 aliphatic carbocycles. The van der Waals surface area contributed by atoms with Crippen LogP contribution in [0.4, 0.5) is 13.2 Å². The van der Waals surface area contributed by atoms with Gasteiger partial charge in [-0.3, -0.25) is 4.79 Å². The van der Waals surface area contributed by atoms with Gasteiger partial charge in [-0.05, 0) is 12.1 Å². The van der Waals surface area contributed by atoms with Crippen LogP contribution < -0.4 is 10.1 Å². The van der Waals surface area contributed by atoms with Gasteiger partial charge in [-0.1, -0.05) is 30.0 Å². The quantitative estimate of drug-likeness (QED) is 0.659. The predicted molar refractivity (Wildman–Crippen MR) is 86.5 cm³/mol. The highest BCUT2D eigenvalue weighted by atomic mass is 32.2. The number of nitrogens with zero attached hydrogens (tertiary/aromatic N) is 4. The number of rotatable bonds is 6. The van der Waals surface area contributed by atoms with Crippen LogP contribution in [0.2, 0.25) is 0 Å². The molecule has 3 aromatic rings. The van der Waals surface area contributed by atoms with Crippen LogP contribution in [0.15, 0.2) is 47.9 Å². The van der Waals surface area contributed by atoms with E-state index in [9.17, 15) is 18.0 Å². The average molecular weight is 383 g/mol. The van der Waals surface area contributed by atoms with E-state index < -0.39 is 6.36 Å². The van der Waals surface area contributed by atoms with E-state index in [-0.39, 0.29) is 29.5 Å². The molecule has 0 atom stereocenters. The monoisotopic (exact) mass is 383 g/mol. The molecule has 7 nitrogen and oxygen atoms in total. The summed E-state index contributed by atoms with van der Waals surface area (Å²) in [7, 11) is 0. The number of halogens is 3. The molecule has 1 amide bonds. The Morgan fingerprint density at radius 1 is 1.27 bits per heavy atom. The second-order valence-electron chi connectivity index (χ2n) is 4.98. The van der Waals surface area contributed by atoms with Crippen LogP contribution in [0.25, 0.3) is 5.78 Å². The first-order chi connectivity index (χ1) is 12.4. The minimum absolute atomic E-state index is 0.0131. The van der Waals surface area contributed by atoms with Crippen molar-refractivity contribution in [3.8, 4) is 5.75 Å². The van der Waals surface area contributed by atoms with Crippen molar-refractivity contribution in [3.05, 3.63) is 48.3 Å². The number of carbonyl (C=O) groups is 1. The Kier molecular flexibility index (Phi) is 5.26. The van der Waals surface area contributed by atoms with Gasteiger partial charge in [0.1, 0.15) is 5.75 Å². The van der Waals surface area contributed by atoms with Gasteiger partial charge >= 0.3 is 6.36 Å². The molecule has 1 aromatic carbocycles. The number of alkyl halides is 3. The predicted octanol–water partition coefficient (Wildman–Crippen LogP) is 2.43. The van der Waals surface area contributed by atoms with E-state index in [0.29, 0.717) is 10.9 Å². The fourth-order valence-corrected chi connectivity index (χ4v) is 2.68. The summed E-state index contributed by atoms with van der Waals surface area (Å²) < 4.78 is 42.6. The average Bonchev–Trinajstić information content (AvgIpc) is 3.01. The van der Waals surface area contributed by atoms with Crippen LogP contribution in [0.5, 0.6) is 5.75 Å². The van der Waals surface area contributed by atoms with Crippen LogP contribution in [-0.4, -0.2) is 37.6 Å². The molecule has 0 fully saturated rings. The molecular weight excluding hydrogens is 371 g/mol. The Bertz CT molecular complexity index is 882. The smallest absolute Gasteiger partial charge is 0.405 e. The second-order valence-corrected chi connectivity index (χ2v) is 5.92. The lowest BCUT2D eigenvalue weighted by molar-refractivity contribution is -0.274. The summed E-state index contributed by atoms with van der Waals surface area (Å²) in [6.45, 7) is -0.0915. The largest absolute Gasteiger partial charge is 0.573 e. The van der Waals surface area contributed by atoms with E-state index in [1.165, 1.54) is 22.7 Å². The number of amides is 1.